The second kappa shape index (κ2) is 9.06. The van der Waals surface area contributed by atoms with Crippen LogP contribution in [0, 0.1) is 5.92 Å². The highest BCUT2D eigenvalue weighted by Gasteiger charge is 2.21. The number of carbonyl (C=O) groups is 1. The van der Waals surface area contributed by atoms with Crippen molar-refractivity contribution in [2.75, 3.05) is 37.7 Å². The summed E-state index contributed by atoms with van der Waals surface area (Å²) in [5, 5.41) is 8.73. The van der Waals surface area contributed by atoms with Crippen LogP contribution in [0.5, 0.6) is 0 Å². The molecule has 3 heterocycles. The lowest BCUT2D eigenvalue weighted by molar-refractivity contribution is -0.121. The minimum atomic E-state index is 0.214. The molecule has 6 heteroatoms. The maximum atomic E-state index is 12.1. The number of nitrogens with one attached hydrogen (secondary N) is 2. The minimum absolute atomic E-state index is 0.214. The highest BCUT2D eigenvalue weighted by Crippen LogP contribution is 2.20. The van der Waals surface area contributed by atoms with E-state index >= 15 is 0 Å². The molecular weight excluding hydrogens is 326 g/mol. The summed E-state index contributed by atoms with van der Waals surface area (Å²) in [6.45, 7) is 5.27. The van der Waals surface area contributed by atoms with E-state index in [0.29, 0.717) is 18.4 Å². The molecule has 4 nitrogen and oxygen atoms in total. The average Bonchev–Trinajstić information content (AvgIpc) is 3.08. The smallest absolute Gasteiger partial charge is 0.221 e. The van der Waals surface area contributed by atoms with Crippen LogP contribution in [0.1, 0.15) is 24.1 Å². The fraction of sp³-hybridized carbons (Fsp3) is 0.706. The normalized spacial score (nSPS) is 23.7. The second-order valence-corrected chi connectivity index (χ2v) is 8.72. The van der Waals surface area contributed by atoms with Crippen molar-refractivity contribution >= 4 is 29.0 Å². The average molecular weight is 354 g/mol. The number of piperidine rings is 1. The molecule has 1 unspecified atom stereocenters. The van der Waals surface area contributed by atoms with Gasteiger partial charge in [0.1, 0.15) is 0 Å². The number of rotatable bonds is 6. The van der Waals surface area contributed by atoms with Gasteiger partial charge in [-0.3, -0.25) is 9.69 Å². The first kappa shape index (κ1) is 17.3. The molecule has 128 valence electrons. The van der Waals surface area contributed by atoms with E-state index in [4.69, 9.17) is 0 Å². The van der Waals surface area contributed by atoms with Gasteiger partial charge in [-0.05, 0) is 43.3 Å². The van der Waals surface area contributed by atoms with E-state index < -0.39 is 0 Å². The monoisotopic (exact) mass is 353 g/mol. The molecule has 2 fully saturated rings. The summed E-state index contributed by atoms with van der Waals surface area (Å²) in [4.78, 5) is 16.0. The van der Waals surface area contributed by atoms with Crippen LogP contribution in [0.3, 0.4) is 0 Å². The Hall–Kier alpha value is -0.560. The molecule has 0 bridgehead atoms. The zero-order valence-electron chi connectivity index (χ0n) is 13.6. The molecule has 1 amide bonds. The molecule has 1 aromatic rings. The Bertz CT molecular complexity index is 466. The quantitative estimate of drug-likeness (QED) is 0.823. The van der Waals surface area contributed by atoms with Crippen molar-refractivity contribution in [2.45, 2.75) is 31.8 Å². The van der Waals surface area contributed by atoms with E-state index in [1.54, 1.807) is 0 Å². The van der Waals surface area contributed by atoms with Gasteiger partial charge in [0.25, 0.3) is 0 Å². The lowest BCUT2D eigenvalue weighted by atomic mass is 9.96. The first-order valence-corrected chi connectivity index (χ1v) is 10.7. The summed E-state index contributed by atoms with van der Waals surface area (Å²) in [7, 11) is 0. The van der Waals surface area contributed by atoms with Crippen LogP contribution < -0.4 is 10.6 Å². The van der Waals surface area contributed by atoms with Crippen molar-refractivity contribution in [3.8, 4) is 0 Å². The molecule has 2 saturated heterocycles. The number of hydrogen-bond acceptors (Lipinski definition) is 5. The largest absolute Gasteiger partial charge is 0.356 e. The van der Waals surface area contributed by atoms with Crippen molar-refractivity contribution in [2.24, 2.45) is 5.92 Å². The van der Waals surface area contributed by atoms with E-state index in [0.717, 1.165) is 38.5 Å². The zero-order chi connectivity index (χ0) is 15.9. The van der Waals surface area contributed by atoms with E-state index in [-0.39, 0.29) is 5.91 Å². The molecule has 23 heavy (non-hydrogen) atoms. The summed E-state index contributed by atoms with van der Waals surface area (Å²) in [6.07, 6.45) is 3.02. The third-order valence-corrected chi connectivity index (χ3v) is 6.68. The van der Waals surface area contributed by atoms with Gasteiger partial charge < -0.3 is 10.6 Å². The van der Waals surface area contributed by atoms with Crippen molar-refractivity contribution in [1.82, 2.24) is 15.5 Å². The van der Waals surface area contributed by atoms with Crippen LogP contribution >= 0.6 is 23.1 Å². The van der Waals surface area contributed by atoms with Gasteiger partial charge in [0.15, 0.2) is 0 Å². The van der Waals surface area contributed by atoms with Gasteiger partial charge in [-0.15, -0.1) is 11.3 Å². The maximum absolute atomic E-state index is 12.1. The fourth-order valence-electron chi connectivity index (χ4n) is 3.28. The molecule has 2 N–H and O–H groups in total. The predicted molar refractivity (Wildman–Crippen MR) is 99.1 cm³/mol. The second-order valence-electron chi connectivity index (χ2n) is 6.53. The van der Waals surface area contributed by atoms with Crippen molar-refractivity contribution < 1.29 is 4.79 Å². The molecule has 0 aliphatic carbocycles. The predicted octanol–water partition coefficient (Wildman–Crippen LogP) is 2.17. The number of likely N-dealkylation sites (tertiary alicyclic amines) is 1. The topological polar surface area (TPSA) is 44.4 Å². The van der Waals surface area contributed by atoms with Crippen molar-refractivity contribution in [1.29, 1.82) is 0 Å². The van der Waals surface area contributed by atoms with E-state index in [9.17, 15) is 4.79 Å². The number of amides is 1. The van der Waals surface area contributed by atoms with Crippen LogP contribution in [-0.2, 0) is 11.3 Å². The number of thioether (sulfide) groups is 1. The van der Waals surface area contributed by atoms with E-state index in [2.05, 4.69) is 33.0 Å². The Morgan fingerprint density at radius 1 is 1.39 bits per heavy atom. The maximum Gasteiger partial charge on any atom is 0.221 e. The third-order valence-electron chi connectivity index (χ3n) is 4.68. The fourth-order valence-corrected chi connectivity index (χ4v) is 4.97. The molecule has 0 saturated carbocycles. The summed E-state index contributed by atoms with van der Waals surface area (Å²) in [6, 6.07) is 4.71. The number of hydrogen-bond donors (Lipinski definition) is 2. The summed E-state index contributed by atoms with van der Waals surface area (Å²) in [5.41, 5.74) is 0. The number of nitrogens with zero attached hydrogens (tertiary/aromatic N) is 1. The molecule has 1 atom stereocenters. The first-order chi connectivity index (χ1) is 11.3. The number of carbonyl (C=O) groups excluding carboxylic acids is 1. The van der Waals surface area contributed by atoms with Crippen LogP contribution in [0.15, 0.2) is 17.5 Å². The van der Waals surface area contributed by atoms with Gasteiger partial charge in [0.05, 0.1) is 0 Å². The lowest BCUT2D eigenvalue weighted by Gasteiger charge is -2.31. The Morgan fingerprint density at radius 2 is 2.26 bits per heavy atom. The highest BCUT2D eigenvalue weighted by molar-refractivity contribution is 7.99. The Kier molecular flexibility index (Phi) is 6.80. The van der Waals surface area contributed by atoms with Crippen LogP contribution in [-0.4, -0.2) is 54.5 Å². The van der Waals surface area contributed by atoms with E-state index in [1.807, 2.05) is 23.1 Å². The Labute approximate surface area is 147 Å². The molecule has 2 aliphatic heterocycles. The molecule has 3 rings (SSSR count). The molecule has 0 radical (unpaired) electrons. The standard InChI is InChI=1S/C17H27N3OS2/c21-17(10-15-13-22-9-5-18-15)19-11-14-3-6-20(7-4-14)12-16-2-1-8-23-16/h1-2,8,14-15,18H,3-7,9-13H2,(H,19,21). The minimum Gasteiger partial charge on any atom is -0.356 e. The lowest BCUT2D eigenvalue weighted by Crippen LogP contribution is -2.43. The van der Waals surface area contributed by atoms with E-state index in [1.165, 1.54) is 23.5 Å². The molecule has 0 spiro atoms. The SMILES string of the molecule is O=C(CC1CSCCN1)NCC1CCN(Cc2cccs2)CC1. The number of thiophene rings is 1. The molecule has 2 aliphatic rings. The van der Waals surface area contributed by atoms with Crippen LogP contribution in [0.4, 0.5) is 0 Å². The van der Waals surface area contributed by atoms with Gasteiger partial charge >= 0.3 is 0 Å². The first-order valence-electron chi connectivity index (χ1n) is 8.62. The summed E-state index contributed by atoms with van der Waals surface area (Å²) < 4.78 is 0. The Morgan fingerprint density at radius 3 is 2.96 bits per heavy atom. The van der Waals surface area contributed by atoms with Gasteiger partial charge in [-0.25, -0.2) is 0 Å². The van der Waals surface area contributed by atoms with Gasteiger partial charge in [-0.1, -0.05) is 6.07 Å². The van der Waals surface area contributed by atoms with Crippen molar-refractivity contribution in [3.63, 3.8) is 0 Å². The van der Waals surface area contributed by atoms with Crippen LogP contribution in [0.2, 0.25) is 0 Å². The molecular formula is C17H27N3OS2. The molecule has 0 aromatic carbocycles. The third kappa shape index (κ3) is 5.78. The van der Waals surface area contributed by atoms with Gasteiger partial charge in [0, 0.05) is 48.5 Å². The van der Waals surface area contributed by atoms with Crippen molar-refractivity contribution in [3.05, 3.63) is 22.4 Å². The Balaban J connectivity index is 1.30. The van der Waals surface area contributed by atoms with Gasteiger partial charge in [0.2, 0.25) is 5.91 Å². The highest BCUT2D eigenvalue weighted by atomic mass is 32.2. The van der Waals surface area contributed by atoms with Gasteiger partial charge in [-0.2, -0.15) is 11.8 Å². The molecule has 1 aromatic heterocycles. The zero-order valence-corrected chi connectivity index (χ0v) is 15.3. The summed E-state index contributed by atoms with van der Waals surface area (Å²) in [5.74, 6) is 3.09. The van der Waals surface area contributed by atoms with Crippen LogP contribution in [0.25, 0.3) is 0 Å². The summed E-state index contributed by atoms with van der Waals surface area (Å²) >= 11 is 3.79.